The van der Waals surface area contributed by atoms with Crippen LogP contribution in [0.1, 0.15) is 50.2 Å². The fraction of sp³-hybridized carbons (Fsp3) is 0.500. The normalized spacial score (nSPS) is 16.1. The van der Waals surface area contributed by atoms with Crippen LogP contribution in [0.4, 0.5) is 5.69 Å². The van der Waals surface area contributed by atoms with Gasteiger partial charge in [0, 0.05) is 23.1 Å². The Morgan fingerprint density at radius 2 is 2.10 bits per heavy atom. The van der Waals surface area contributed by atoms with E-state index >= 15 is 0 Å². The van der Waals surface area contributed by atoms with Gasteiger partial charge in [0.1, 0.15) is 0 Å². The Labute approximate surface area is 126 Å². The lowest BCUT2D eigenvalue weighted by molar-refractivity contribution is -0.124. The van der Waals surface area contributed by atoms with E-state index in [1.54, 1.807) is 0 Å². The summed E-state index contributed by atoms with van der Waals surface area (Å²) in [5.74, 6) is 6.07. The SMILES string of the molecule is Cc1cc(NC(=O)C2(C)CCCC2)ccc1C#CCCO. The minimum absolute atomic E-state index is 0.0821. The first-order valence-electron chi connectivity index (χ1n) is 7.57. The summed E-state index contributed by atoms with van der Waals surface area (Å²) in [4.78, 5) is 12.4. The van der Waals surface area contributed by atoms with E-state index in [9.17, 15) is 4.79 Å². The predicted octanol–water partition coefficient (Wildman–Crippen LogP) is 3.25. The van der Waals surface area contributed by atoms with Gasteiger partial charge >= 0.3 is 0 Å². The number of aliphatic hydroxyl groups excluding tert-OH is 1. The van der Waals surface area contributed by atoms with Gasteiger partial charge in [0.2, 0.25) is 5.91 Å². The maximum Gasteiger partial charge on any atom is 0.230 e. The van der Waals surface area contributed by atoms with Gasteiger partial charge in [-0.25, -0.2) is 0 Å². The van der Waals surface area contributed by atoms with Crippen molar-refractivity contribution in [3.8, 4) is 11.8 Å². The third kappa shape index (κ3) is 3.86. The molecule has 0 saturated heterocycles. The van der Waals surface area contributed by atoms with E-state index in [-0.39, 0.29) is 17.9 Å². The number of nitrogens with one attached hydrogen (secondary N) is 1. The number of carbonyl (C=O) groups excluding carboxylic acids is 1. The number of rotatable bonds is 3. The van der Waals surface area contributed by atoms with E-state index in [4.69, 9.17) is 5.11 Å². The minimum Gasteiger partial charge on any atom is -0.395 e. The van der Waals surface area contributed by atoms with E-state index in [0.29, 0.717) is 6.42 Å². The van der Waals surface area contributed by atoms with Gasteiger partial charge in [-0.15, -0.1) is 0 Å². The second kappa shape index (κ2) is 6.78. The van der Waals surface area contributed by atoms with Gasteiger partial charge in [0.25, 0.3) is 0 Å². The highest BCUT2D eigenvalue weighted by molar-refractivity contribution is 5.95. The van der Waals surface area contributed by atoms with Crippen molar-refractivity contribution in [2.45, 2.75) is 46.0 Å². The van der Waals surface area contributed by atoms with Crippen molar-refractivity contribution in [3.63, 3.8) is 0 Å². The lowest BCUT2D eigenvalue weighted by atomic mass is 9.88. The van der Waals surface area contributed by atoms with E-state index in [2.05, 4.69) is 24.1 Å². The number of hydrogen-bond donors (Lipinski definition) is 2. The minimum atomic E-state index is -0.215. The van der Waals surface area contributed by atoms with Crippen LogP contribution in [0.2, 0.25) is 0 Å². The number of hydrogen-bond acceptors (Lipinski definition) is 2. The van der Waals surface area contributed by atoms with Crippen LogP contribution in [0.25, 0.3) is 0 Å². The van der Waals surface area contributed by atoms with Crippen molar-refractivity contribution < 1.29 is 9.90 Å². The molecule has 0 aromatic heterocycles. The topological polar surface area (TPSA) is 49.3 Å². The summed E-state index contributed by atoms with van der Waals surface area (Å²) < 4.78 is 0. The monoisotopic (exact) mass is 285 g/mol. The summed E-state index contributed by atoms with van der Waals surface area (Å²) in [5.41, 5.74) is 2.59. The molecule has 0 radical (unpaired) electrons. The van der Waals surface area contributed by atoms with Crippen LogP contribution in [0.3, 0.4) is 0 Å². The Kier molecular flexibility index (Phi) is 5.03. The Balaban J connectivity index is 2.07. The molecule has 3 heteroatoms. The summed E-state index contributed by atoms with van der Waals surface area (Å²) in [6.07, 6.45) is 4.71. The second-order valence-electron chi connectivity index (χ2n) is 6.03. The van der Waals surface area contributed by atoms with Crippen LogP contribution >= 0.6 is 0 Å². The van der Waals surface area contributed by atoms with Crippen molar-refractivity contribution in [2.24, 2.45) is 5.41 Å². The van der Waals surface area contributed by atoms with Crippen LogP contribution < -0.4 is 5.32 Å². The van der Waals surface area contributed by atoms with Gasteiger partial charge in [0.05, 0.1) is 6.61 Å². The van der Waals surface area contributed by atoms with Crippen LogP contribution in [0, 0.1) is 24.2 Å². The van der Waals surface area contributed by atoms with E-state index in [0.717, 1.165) is 42.5 Å². The van der Waals surface area contributed by atoms with Gasteiger partial charge in [-0.1, -0.05) is 31.6 Å². The molecule has 0 bridgehead atoms. The first-order valence-corrected chi connectivity index (χ1v) is 7.57. The van der Waals surface area contributed by atoms with Gasteiger partial charge in [-0.3, -0.25) is 4.79 Å². The molecule has 1 aliphatic carbocycles. The highest BCUT2D eigenvalue weighted by atomic mass is 16.2. The molecule has 0 spiro atoms. The standard InChI is InChI=1S/C18H23NO2/c1-14-13-16(9-8-15(14)7-3-6-12-20)19-17(21)18(2)10-4-5-11-18/h8-9,13,20H,4-6,10-12H2,1-2H3,(H,19,21). The second-order valence-corrected chi connectivity index (χ2v) is 6.03. The van der Waals surface area contributed by atoms with Gasteiger partial charge in [0.15, 0.2) is 0 Å². The van der Waals surface area contributed by atoms with Gasteiger partial charge < -0.3 is 10.4 Å². The first-order chi connectivity index (χ1) is 10.0. The van der Waals surface area contributed by atoms with Crippen molar-refractivity contribution in [2.75, 3.05) is 11.9 Å². The Morgan fingerprint density at radius 1 is 1.38 bits per heavy atom. The largest absolute Gasteiger partial charge is 0.395 e. The van der Waals surface area contributed by atoms with E-state index < -0.39 is 0 Å². The molecule has 112 valence electrons. The maximum absolute atomic E-state index is 12.4. The maximum atomic E-state index is 12.4. The Morgan fingerprint density at radius 3 is 2.71 bits per heavy atom. The van der Waals surface area contributed by atoms with Crippen molar-refractivity contribution >= 4 is 11.6 Å². The zero-order valence-corrected chi connectivity index (χ0v) is 12.8. The van der Waals surface area contributed by atoms with Crippen molar-refractivity contribution in [1.82, 2.24) is 0 Å². The number of benzene rings is 1. The summed E-state index contributed by atoms with van der Waals surface area (Å²) in [5, 5.41) is 11.8. The summed E-state index contributed by atoms with van der Waals surface area (Å²) in [6, 6.07) is 5.78. The van der Waals surface area contributed by atoms with Crippen LogP contribution in [-0.4, -0.2) is 17.6 Å². The first kappa shape index (κ1) is 15.6. The molecule has 0 heterocycles. The number of aryl methyl sites for hydroxylation is 1. The van der Waals surface area contributed by atoms with Crippen molar-refractivity contribution in [3.05, 3.63) is 29.3 Å². The molecule has 21 heavy (non-hydrogen) atoms. The number of amides is 1. The van der Waals surface area contributed by atoms with Gasteiger partial charge in [-0.2, -0.15) is 0 Å². The molecule has 0 unspecified atom stereocenters. The highest BCUT2D eigenvalue weighted by Crippen LogP contribution is 2.38. The highest BCUT2D eigenvalue weighted by Gasteiger charge is 2.36. The molecule has 2 rings (SSSR count). The molecule has 0 aliphatic heterocycles. The summed E-state index contributed by atoms with van der Waals surface area (Å²) >= 11 is 0. The third-order valence-electron chi connectivity index (χ3n) is 4.20. The molecule has 1 aromatic rings. The van der Waals surface area contributed by atoms with Crippen LogP contribution in [-0.2, 0) is 4.79 Å². The average molecular weight is 285 g/mol. The number of aliphatic hydroxyl groups is 1. The lowest BCUT2D eigenvalue weighted by Crippen LogP contribution is -2.30. The zero-order valence-electron chi connectivity index (χ0n) is 12.8. The van der Waals surface area contributed by atoms with Crippen LogP contribution in [0.15, 0.2) is 18.2 Å². The quantitative estimate of drug-likeness (QED) is 0.838. The molecule has 1 amide bonds. The van der Waals surface area contributed by atoms with Crippen molar-refractivity contribution in [1.29, 1.82) is 0 Å². The molecular weight excluding hydrogens is 262 g/mol. The fourth-order valence-corrected chi connectivity index (χ4v) is 2.76. The smallest absolute Gasteiger partial charge is 0.230 e. The molecule has 2 N–H and O–H groups in total. The molecule has 1 fully saturated rings. The number of carbonyl (C=O) groups is 1. The van der Waals surface area contributed by atoms with E-state index in [1.165, 1.54) is 0 Å². The Bertz CT molecular complexity index is 575. The molecule has 1 aromatic carbocycles. The summed E-state index contributed by atoms with van der Waals surface area (Å²) in [6.45, 7) is 4.12. The molecular formula is C18H23NO2. The molecule has 1 aliphatic rings. The molecule has 0 atom stereocenters. The summed E-state index contributed by atoms with van der Waals surface area (Å²) in [7, 11) is 0. The predicted molar refractivity (Wildman–Crippen MR) is 85.0 cm³/mol. The molecule has 1 saturated carbocycles. The average Bonchev–Trinajstić information content (AvgIpc) is 2.90. The third-order valence-corrected chi connectivity index (χ3v) is 4.20. The van der Waals surface area contributed by atoms with E-state index in [1.807, 2.05) is 25.1 Å². The lowest BCUT2D eigenvalue weighted by Gasteiger charge is -2.22. The molecule has 3 nitrogen and oxygen atoms in total. The number of anilines is 1. The van der Waals surface area contributed by atoms with Crippen LogP contribution in [0.5, 0.6) is 0 Å². The van der Waals surface area contributed by atoms with Gasteiger partial charge in [-0.05, 0) is 43.5 Å². The fourth-order valence-electron chi connectivity index (χ4n) is 2.76. The zero-order chi connectivity index (χ0) is 15.3. The Hall–Kier alpha value is -1.79.